The minimum Gasteiger partial charge on any atom is -0.507 e. The van der Waals surface area contributed by atoms with Crippen LogP contribution in [0.4, 0.5) is 0 Å². The van der Waals surface area contributed by atoms with E-state index in [9.17, 15) is 14.7 Å². The van der Waals surface area contributed by atoms with E-state index in [-0.39, 0.29) is 11.3 Å². The Labute approximate surface area is 210 Å². The molecule has 2 fully saturated rings. The molecule has 0 saturated carbocycles. The monoisotopic (exact) mass is 496 g/mol. The third-order valence-corrected chi connectivity index (χ3v) is 6.47. The van der Waals surface area contributed by atoms with E-state index in [1.807, 2.05) is 6.92 Å². The zero-order valence-corrected chi connectivity index (χ0v) is 20.9. The number of aliphatic hydroxyl groups excluding tert-OH is 1. The highest BCUT2D eigenvalue weighted by atomic mass is 16.5. The summed E-state index contributed by atoms with van der Waals surface area (Å²) in [6.07, 6.45) is 0. The van der Waals surface area contributed by atoms with E-state index in [2.05, 4.69) is 4.90 Å². The Kier molecular flexibility index (Phi) is 8.12. The first-order valence-electron chi connectivity index (χ1n) is 12.0. The maximum Gasteiger partial charge on any atom is 0.295 e. The molecule has 36 heavy (non-hydrogen) atoms. The smallest absolute Gasteiger partial charge is 0.295 e. The molecule has 2 aromatic rings. The molecule has 9 nitrogen and oxygen atoms in total. The highest BCUT2D eigenvalue weighted by Crippen LogP contribution is 2.45. The highest BCUT2D eigenvalue weighted by molar-refractivity contribution is 6.46. The zero-order chi connectivity index (χ0) is 25.7. The van der Waals surface area contributed by atoms with E-state index in [0.717, 1.165) is 13.1 Å². The average Bonchev–Trinajstić information content (AvgIpc) is 3.17. The normalized spacial score (nSPS) is 20.0. The van der Waals surface area contributed by atoms with Gasteiger partial charge in [-0.05, 0) is 37.3 Å². The number of Topliss-reactive ketones (excluding diaryl/α,β-unsaturated/α-hetero) is 1. The Bertz CT molecular complexity index is 1120. The molecule has 0 unspecified atom stereocenters. The fourth-order valence-electron chi connectivity index (χ4n) is 4.67. The summed E-state index contributed by atoms with van der Waals surface area (Å²) in [6.45, 7) is 6.03. The molecule has 2 aliphatic rings. The number of ketones is 1. The molecule has 0 spiro atoms. The summed E-state index contributed by atoms with van der Waals surface area (Å²) < 4.78 is 22.0. The highest BCUT2D eigenvalue weighted by Gasteiger charge is 2.47. The van der Waals surface area contributed by atoms with E-state index in [4.69, 9.17) is 18.9 Å². The topological polar surface area (TPSA) is 97.8 Å². The lowest BCUT2D eigenvalue weighted by Crippen LogP contribution is -2.42. The van der Waals surface area contributed by atoms with Crippen molar-refractivity contribution in [1.82, 2.24) is 9.80 Å². The maximum atomic E-state index is 13.3. The first kappa shape index (κ1) is 25.5. The van der Waals surface area contributed by atoms with E-state index < -0.39 is 17.7 Å². The molecule has 2 aliphatic heterocycles. The molecule has 1 amide bonds. The summed E-state index contributed by atoms with van der Waals surface area (Å²) in [4.78, 5) is 30.3. The minimum absolute atomic E-state index is 0.0118. The van der Waals surface area contributed by atoms with E-state index in [1.165, 1.54) is 19.1 Å². The Morgan fingerprint density at radius 3 is 2.39 bits per heavy atom. The van der Waals surface area contributed by atoms with Crippen molar-refractivity contribution >= 4 is 17.4 Å². The lowest BCUT2D eigenvalue weighted by atomic mass is 9.94. The van der Waals surface area contributed by atoms with Gasteiger partial charge >= 0.3 is 0 Å². The van der Waals surface area contributed by atoms with Gasteiger partial charge in [-0.1, -0.05) is 12.1 Å². The van der Waals surface area contributed by atoms with Gasteiger partial charge in [0.15, 0.2) is 11.5 Å². The summed E-state index contributed by atoms with van der Waals surface area (Å²) in [6, 6.07) is 11.2. The first-order chi connectivity index (χ1) is 17.5. The average molecular weight is 497 g/mol. The van der Waals surface area contributed by atoms with E-state index in [0.29, 0.717) is 61.3 Å². The molecule has 2 aromatic carbocycles. The third kappa shape index (κ3) is 5.03. The number of rotatable bonds is 9. The van der Waals surface area contributed by atoms with Crippen molar-refractivity contribution in [2.24, 2.45) is 0 Å². The molecule has 2 heterocycles. The number of carbonyl (C=O) groups excluding carboxylic acids is 2. The van der Waals surface area contributed by atoms with Crippen LogP contribution in [0.1, 0.15) is 24.1 Å². The molecule has 0 aromatic heterocycles. The van der Waals surface area contributed by atoms with Gasteiger partial charge in [0.1, 0.15) is 11.5 Å². The van der Waals surface area contributed by atoms with Crippen LogP contribution in [0.3, 0.4) is 0 Å². The molecular weight excluding hydrogens is 464 g/mol. The summed E-state index contributed by atoms with van der Waals surface area (Å²) in [5.41, 5.74) is 0.986. The van der Waals surface area contributed by atoms with Gasteiger partial charge in [0.05, 0.1) is 45.7 Å². The van der Waals surface area contributed by atoms with Crippen LogP contribution in [0.2, 0.25) is 0 Å². The van der Waals surface area contributed by atoms with Crippen LogP contribution >= 0.6 is 0 Å². The number of hydrogen-bond donors (Lipinski definition) is 1. The standard InChI is InChI=1S/C27H32N2O7/c1-4-36-19-10-8-18(9-11-19)24(30)22-23(20-6-5-7-21(33-2)26(20)34-3)29(27(32)25(22)31)13-12-28-14-16-35-17-15-28/h5-11,23,30H,4,12-17H2,1-3H3/t23-/m1/s1. The molecule has 0 aliphatic carbocycles. The number of ether oxygens (including phenoxy) is 4. The van der Waals surface area contributed by atoms with Gasteiger partial charge < -0.3 is 29.0 Å². The van der Waals surface area contributed by atoms with Crippen LogP contribution in [0.25, 0.3) is 5.76 Å². The van der Waals surface area contributed by atoms with Crippen molar-refractivity contribution in [3.8, 4) is 17.2 Å². The number of para-hydroxylation sites is 1. The Hall–Kier alpha value is -3.56. The number of nitrogens with zero attached hydrogens (tertiary/aromatic N) is 2. The maximum absolute atomic E-state index is 13.3. The van der Waals surface area contributed by atoms with Crippen LogP contribution in [-0.4, -0.2) is 86.8 Å². The number of amides is 1. The summed E-state index contributed by atoms with van der Waals surface area (Å²) >= 11 is 0. The van der Waals surface area contributed by atoms with Crippen LogP contribution in [0, 0.1) is 0 Å². The Balaban J connectivity index is 1.79. The quantitative estimate of drug-likeness (QED) is 0.322. The van der Waals surface area contributed by atoms with Gasteiger partial charge in [0.25, 0.3) is 11.7 Å². The van der Waals surface area contributed by atoms with Gasteiger partial charge in [-0.2, -0.15) is 0 Å². The molecule has 1 atom stereocenters. The Morgan fingerprint density at radius 1 is 1.03 bits per heavy atom. The first-order valence-corrected chi connectivity index (χ1v) is 12.0. The summed E-state index contributed by atoms with van der Waals surface area (Å²) in [5.74, 6) is -0.134. The second kappa shape index (κ2) is 11.5. The fraction of sp³-hybridized carbons (Fsp3) is 0.407. The second-order valence-corrected chi connectivity index (χ2v) is 8.49. The van der Waals surface area contributed by atoms with Gasteiger partial charge in [-0.3, -0.25) is 14.5 Å². The summed E-state index contributed by atoms with van der Waals surface area (Å²) in [7, 11) is 3.03. The van der Waals surface area contributed by atoms with Crippen molar-refractivity contribution in [3.63, 3.8) is 0 Å². The van der Waals surface area contributed by atoms with Crippen molar-refractivity contribution in [2.45, 2.75) is 13.0 Å². The zero-order valence-electron chi connectivity index (χ0n) is 20.9. The van der Waals surface area contributed by atoms with Crippen molar-refractivity contribution in [1.29, 1.82) is 0 Å². The minimum atomic E-state index is -0.845. The van der Waals surface area contributed by atoms with Crippen molar-refractivity contribution in [2.75, 3.05) is 60.2 Å². The van der Waals surface area contributed by atoms with Crippen LogP contribution in [0.5, 0.6) is 17.2 Å². The number of hydrogen-bond acceptors (Lipinski definition) is 8. The molecule has 192 valence electrons. The molecule has 2 saturated heterocycles. The molecule has 9 heteroatoms. The largest absolute Gasteiger partial charge is 0.507 e. The SMILES string of the molecule is CCOc1ccc(C(O)=C2C(=O)C(=O)N(CCN3CCOCC3)[C@@H]2c2cccc(OC)c2OC)cc1. The van der Waals surface area contributed by atoms with E-state index in [1.54, 1.807) is 42.5 Å². The third-order valence-electron chi connectivity index (χ3n) is 6.47. The van der Waals surface area contributed by atoms with Crippen LogP contribution in [0.15, 0.2) is 48.0 Å². The lowest BCUT2D eigenvalue weighted by Gasteiger charge is -2.31. The number of carbonyl (C=O) groups is 2. The number of likely N-dealkylation sites (tertiary alicyclic amines) is 1. The van der Waals surface area contributed by atoms with Crippen molar-refractivity contribution in [3.05, 3.63) is 59.2 Å². The Morgan fingerprint density at radius 2 is 1.75 bits per heavy atom. The van der Waals surface area contributed by atoms with E-state index >= 15 is 0 Å². The van der Waals surface area contributed by atoms with Gasteiger partial charge in [0, 0.05) is 37.3 Å². The van der Waals surface area contributed by atoms with Gasteiger partial charge in [-0.25, -0.2) is 0 Å². The molecule has 1 N–H and O–H groups in total. The van der Waals surface area contributed by atoms with Crippen LogP contribution in [-0.2, 0) is 14.3 Å². The lowest BCUT2D eigenvalue weighted by molar-refractivity contribution is -0.140. The molecule has 0 radical (unpaired) electrons. The predicted molar refractivity (Wildman–Crippen MR) is 133 cm³/mol. The fourth-order valence-corrected chi connectivity index (χ4v) is 4.67. The predicted octanol–water partition coefficient (Wildman–Crippen LogP) is 2.86. The molecular formula is C27H32N2O7. The summed E-state index contributed by atoms with van der Waals surface area (Å²) in [5, 5.41) is 11.3. The van der Waals surface area contributed by atoms with Crippen LogP contribution < -0.4 is 14.2 Å². The number of aliphatic hydroxyl groups is 1. The number of methoxy groups -OCH3 is 2. The van der Waals surface area contributed by atoms with Gasteiger partial charge in [0.2, 0.25) is 0 Å². The number of morpholine rings is 1. The van der Waals surface area contributed by atoms with Crippen molar-refractivity contribution < 1.29 is 33.6 Å². The molecule has 4 rings (SSSR count). The second-order valence-electron chi connectivity index (χ2n) is 8.49. The molecule has 0 bridgehead atoms. The van der Waals surface area contributed by atoms with Gasteiger partial charge in [-0.15, -0.1) is 0 Å². The number of benzene rings is 2.